The van der Waals surface area contributed by atoms with Crippen molar-refractivity contribution in [2.75, 3.05) is 17.1 Å². The maximum atomic E-state index is 12.5. The van der Waals surface area contributed by atoms with Gasteiger partial charge in [0, 0.05) is 25.1 Å². The molecule has 106 valence electrons. The molecule has 1 aromatic heterocycles. The predicted molar refractivity (Wildman–Crippen MR) is 80.1 cm³/mol. The molecule has 1 aromatic carbocycles. The zero-order chi connectivity index (χ0) is 14.8. The van der Waals surface area contributed by atoms with Gasteiger partial charge < -0.3 is 5.73 Å². The van der Waals surface area contributed by atoms with Crippen molar-refractivity contribution in [1.82, 2.24) is 4.98 Å². The Morgan fingerprint density at radius 1 is 1.20 bits per heavy atom. The first kappa shape index (κ1) is 14.3. The molecule has 0 fully saturated rings. The van der Waals surface area contributed by atoms with Gasteiger partial charge in [-0.2, -0.15) is 0 Å². The SMILES string of the molecule is CCc1ccc(S(=O)(=O)N(C)c2ccncc2)cc1N. The van der Waals surface area contributed by atoms with Gasteiger partial charge in [0.25, 0.3) is 10.0 Å². The smallest absolute Gasteiger partial charge is 0.264 e. The Labute approximate surface area is 119 Å². The van der Waals surface area contributed by atoms with E-state index in [1.165, 1.54) is 17.4 Å². The fourth-order valence-corrected chi connectivity index (χ4v) is 3.14. The highest BCUT2D eigenvalue weighted by molar-refractivity contribution is 7.92. The number of nitrogen functional groups attached to an aromatic ring is 1. The first-order valence-corrected chi connectivity index (χ1v) is 7.68. The third-order valence-corrected chi connectivity index (χ3v) is 4.96. The van der Waals surface area contributed by atoms with Crippen LogP contribution in [0.25, 0.3) is 0 Å². The quantitative estimate of drug-likeness (QED) is 0.875. The van der Waals surface area contributed by atoms with Gasteiger partial charge >= 0.3 is 0 Å². The highest BCUT2D eigenvalue weighted by Gasteiger charge is 2.21. The highest BCUT2D eigenvalue weighted by Crippen LogP contribution is 2.24. The Bertz CT molecular complexity index is 700. The van der Waals surface area contributed by atoms with Crippen LogP contribution in [0, 0.1) is 0 Å². The molecule has 0 atom stereocenters. The number of sulfonamides is 1. The molecule has 1 heterocycles. The molecular formula is C14H17N3O2S. The lowest BCUT2D eigenvalue weighted by molar-refractivity contribution is 0.594. The number of benzene rings is 1. The Kier molecular flexibility index (Phi) is 3.94. The monoisotopic (exact) mass is 291 g/mol. The molecule has 0 unspecified atom stereocenters. The minimum Gasteiger partial charge on any atom is -0.398 e. The summed E-state index contributed by atoms with van der Waals surface area (Å²) in [5, 5.41) is 0. The summed E-state index contributed by atoms with van der Waals surface area (Å²) >= 11 is 0. The summed E-state index contributed by atoms with van der Waals surface area (Å²) in [5.41, 5.74) is 7.87. The van der Waals surface area contributed by atoms with Gasteiger partial charge in [-0.3, -0.25) is 9.29 Å². The van der Waals surface area contributed by atoms with Crippen molar-refractivity contribution in [3.63, 3.8) is 0 Å². The molecule has 6 heteroatoms. The fourth-order valence-electron chi connectivity index (χ4n) is 1.91. The first-order chi connectivity index (χ1) is 9.46. The molecular weight excluding hydrogens is 274 g/mol. The van der Waals surface area contributed by atoms with Gasteiger partial charge in [0.1, 0.15) is 0 Å². The van der Waals surface area contributed by atoms with E-state index >= 15 is 0 Å². The third kappa shape index (κ3) is 2.60. The number of anilines is 2. The summed E-state index contributed by atoms with van der Waals surface area (Å²) in [6.07, 6.45) is 3.87. The van der Waals surface area contributed by atoms with Crippen molar-refractivity contribution < 1.29 is 8.42 Å². The summed E-state index contributed by atoms with van der Waals surface area (Å²) in [5.74, 6) is 0. The van der Waals surface area contributed by atoms with Crippen molar-refractivity contribution >= 4 is 21.4 Å². The van der Waals surface area contributed by atoms with Gasteiger partial charge in [-0.1, -0.05) is 13.0 Å². The van der Waals surface area contributed by atoms with Crippen molar-refractivity contribution in [2.45, 2.75) is 18.2 Å². The predicted octanol–water partition coefficient (Wildman–Crippen LogP) is 2.05. The molecule has 2 N–H and O–H groups in total. The molecule has 0 aliphatic carbocycles. The molecule has 0 saturated carbocycles. The van der Waals surface area contributed by atoms with E-state index in [-0.39, 0.29) is 4.90 Å². The fraction of sp³-hybridized carbons (Fsp3) is 0.214. The zero-order valence-electron chi connectivity index (χ0n) is 11.4. The number of aromatic nitrogens is 1. The number of nitrogens with zero attached hydrogens (tertiary/aromatic N) is 2. The number of rotatable bonds is 4. The Morgan fingerprint density at radius 2 is 1.85 bits per heavy atom. The van der Waals surface area contributed by atoms with E-state index in [1.54, 1.807) is 36.7 Å². The van der Waals surface area contributed by atoms with Crippen LogP contribution >= 0.6 is 0 Å². The summed E-state index contributed by atoms with van der Waals surface area (Å²) in [7, 11) is -2.11. The van der Waals surface area contributed by atoms with Crippen LogP contribution in [-0.2, 0) is 16.4 Å². The first-order valence-electron chi connectivity index (χ1n) is 6.24. The van der Waals surface area contributed by atoms with Gasteiger partial charge in [-0.15, -0.1) is 0 Å². The zero-order valence-corrected chi connectivity index (χ0v) is 12.3. The number of nitrogens with two attached hydrogens (primary N) is 1. The van der Waals surface area contributed by atoms with Crippen LogP contribution in [0.1, 0.15) is 12.5 Å². The van der Waals surface area contributed by atoms with Crippen LogP contribution in [0.5, 0.6) is 0 Å². The van der Waals surface area contributed by atoms with Crippen molar-refractivity contribution in [3.05, 3.63) is 48.3 Å². The average Bonchev–Trinajstić information content (AvgIpc) is 2.47. The van der Waals surface area contributed by atoms with Gasteiger partial charge in [0.2, 0.25) is 0 Å². The standard InChI is InChI=1S/C14H17N3O2S/c1-3-11-4-5-13(10-14(11)15)20(18,19)17(2)12-6-8-16-9-7-12/h4-10H,3,15H2,1-2H3. The van der Waals surface area contributed by atoms with Crippen LogP contribution < -0.4 is 10.0 Å². The van der Waals surface area contributed by atoms with Gasteiger partial charge in [0.15, 0.2) is 0 Å². The summed E-state index contributed by atoms with van der Waals surface area (Å²) in [6, 6.07) is 8.12. The van der Waals surface area contributed by atoms with Gasteiger partial charge in [-0.05, 0) is 36.2 Å². The van der Waals surface area contributed by atoms with E-state index in [9.17, 15) is 8.42 Å². The third-order valence-electron chi connectivity index (χ3n) is 3.18. The summed E-state index contributed by atoms with van der Waals surface area (Å²) in [4.78, 5) is 4.06. The normalized spacial score (nSPS) is 11.3. The Hall–Kier alpha value is -2.08. The van der Waals surface area contributed by atoms with Crippen LogP contribution in [0.2, 0.25) is 0 Å². The Balaban J connectivity index is 2.43. The second kappa shape index (κ2) is 5.50. The second-order valence-electron chi connectivity index (χ2n) is 4.39. The van der Waals surface area contributed by atoms with Crippen molar-refractivity contribution in [3.8, 4) is 0 Å². The van der Waals surface area contributed by atoms with Crippen molar-refractivity contribution in [2.24, 2.45) is 0 Å². The lowest BCUT2D eigenvalue weighted by Crippen LogP contribution is -2.26. The lowest BCUT2D eigenvalue weighted by atomic mass is 10.1. The Morgan fingerprint density at radius 3 is 2.40 bits per heavy atom. The molecule has 0 radical (unpaired) electrons. The molecule has 0 amide bonds. The van der Waals surface area contributed by atoms with Crippen LogP contribution in [0.15, 0.2) is 47.6 Å². The summed E-state index contributed by atoms with van der Waals surface area (Å²) < 4.78 is 26.3. The van der Waals surface area contributed by atoms with E-state index in [4.69, 9.17) is 5.73 Å². The molecule has 0 aliphatic rings. The summed E-state index contributed by atoms with van der Waals surface area (Å²) in [6.45, 7) is 1.98. The number of hydrogen-bond acceptors (Lipinski definition) is 4. The van der Waals surface area contributed by atoms with Gasteiger partial charge in [-0.25, -0.2) is 8.42 Å². The highest BCUT2D eigenvalue weighted by atomic mass is 32.2. The molecule has 0 spiro atoms. The molecule has 0 saturated heterocycles. The number of hydrogen-bond donors (Lipinski definition) is 1. The van der Waals surface area contributed by atoms with Crippen LogP contribution in [0.4, 0.5) is 11.4 Å². The van der Waals surface area contributed by atoms with Crippen LogP contribution in [-0.4, -0.2) is 20.4 Å². The maximum Gasteiger partial charge on any atom is 0.264 e. The number of pyridine rings is 1. The molecule has 2 rings (SSSR count). The molecule has 20 heavy (non-hydrogen) atoms. The van der Waals surface area contributed by atoms with E-state index in [0.717, 1.165) is 12.0 Å². The maximum absolute atomic E-state index is 12.5. The second-order valence-corrected chi connectivity index (χ2v) is 6.36. The van der Waals surface area contributed by atoms with E-state index in [2.05, 4.69) is 4.98 Å². The van der Waals surface area contributed by atoms with Crippen molar-refractivity contribution in [1.29, 1.82) is 0 Å². The molecule has 5 nitrogen and oxygen atoms in total. The van der Waals surface area contributed by atoms with E-state index in [0.29, 0.717) is 11.4 Å². The largest absolute Gasteiger partial charge is 0.398 e. The molecule has 0 bridgehead atoms. The number of aryl methyl sites for hydroxylation is 1. The average molecular weight is 291 g/mol. The van der Waals surface area contributed by atoms with Crippen LogP contribution in [0.3, 0.4) is 0 Å². The lowest BCUT2D eigenvalue weighted by Gasteiger charge is -2.19. The minimum atomic E-state index is -3.61. The minimum absolute atomic E-state index is 0.187. The molecule has 0 aliphatic heterocycles. The molecule has 2 aromatic rings. The van der Waals surface area contributed by atoms with Gasteiger partial charge in [0.05, 0.1) is 10.6 Å². The van der Waals surface area contributed by atoms with E-state index in [1.807, 2.05) is 6.92 Å². The topological polar surface area (TPSA) is 76.3 Å². The van der Waals surface area contributed by atoms with E-state index < -0.39 is 10.0 Å².